The highest BCUT2D eigenvalue weighted by Gasteiger charge is 2.28. The van der Waals surface area contributed by atoms with E-state index < -0.39 is 10.0 Å². The number of sulfonamides is 1. The van der Waals surface area contributed by atoms with Crippen LogP contribution in [0.1, 0.15) is 18.4 Å². The quantitative estimate of drug-likeness (QED) is 0.744. The van der Waals surface area contributed by atoms with Crippen molar-refractivity contribution in [2.75, 3.05) is 12.1 Å². The molecule has 1 fully saturated rings. The molecule has 140 valence electrons. The third-order valence-corrected chi connectivity index (χ3v) is 5.65. The molecule has 2 N–H and O–H groups in total. The zero-order chi connectivity index (χ0) is 18.9. The van der Waals surface area contributed by atoms with Crippen LogP contribution in [0.15, 0.2) is 53.4 Å². The van der Waals surface area contributed by atoms with E-state index in [9.17, 15) is 13.2 Å². The van der Waals surface area contributed by atoms with Crippen LogP contribution >= 0.6 is 0 Å². The molecule has 8 heteroatoms. The Hall–Kier alpha value is -2.84. The van der Waals surface area contributed by atoms with E-state index >= 15 is 0 Å². The maximum atomic E-state index is 12.3. The Morgan fingerprint density at radius 2 is 1.89 bits per heavy atom. The number of nitrogens with one attached hydrogen (secondary N) is 2. The molecule has 1 amide bonds. The maximum absolute atomic E-state index is 12.3. The third-order valence-electron chi connectivity index (χ3n) is 4.13. The molecule has 0 saturated heterocycles. The summed E-state index contributed by atoms with van der Waals surface area (Å²) in [6.07, 6.45) is 4.74. The zero-order valence-electron chi connectivity index (χ0n) is 14.3. The van der Waals surface area contributed by atoms with Gasteiger partial charge in [0.1, 0.15) is 0 Å². The summed E-state index contributed by atoms with van der Waals surface area (Å²) in [5, 5.41) is 2.67. The van der Waals surface area contributed by atoms with E-state index in [2.05, 4.69) is 10.0 Å². The summed E-state index contributed by atoms with van der Waals surface area (Å²) in [6, 6.07) is 11.6. The standard InChI is InChI=1S/C19H18N2O5S/c22-19(9-5-13-4-8-17-18(10-13)26-12-25-17)20-15-2-1-3-16(11-15)27(23,24)21-14-6-7-14/h1-5,8-11,14,21H,6-7,12H2,(H,20,22)/b9-5+. The Balaban J connectivity index is 1.42. The largest absolute Gasteiger partial charge is 0.454 e. The molecule has 4 rings (SSSR count). The molecule has 2 aliphatic rings. The van der Waals surface area contributed by atoms with Crippen molar-refractivity contribution in [1.29, 1.82) is 0 Å². The Labute approximate surface area is 157 Å². The molecule has 0 spiro atoms. The van der Waals surface area contributed by atoms with Gasteiger partial charge in [-0.3, -0.25) is 4.79 Å². The third kappa shape index (κ3) is 4.29. The van der Waals surface area contributed by atoms with Gasteiger partial charge in [0.2, 0.25) is 22.7 Å². The molecule has 1 aliphatic heterocycles. The van der Waals surface area contributed by atoms with Crippen molar-refractivity contribution in [1.82, 2.24) is 4.72 Å². The molecule has 27 heavy (non-hydrogen) atoms. The van der Waals surface area contributed by atoms with Gasteiger partial charge in [-0.05, 0) is 54.8 Å². The average Bonchev–Trinajstić information content (AvgIpc) is 3.32. The summed E-state index contributed by atoms with van der Waals surface area (Å²) in [6.45, 7) is 0.192. The van der Waals surface area contributed by atoms with Crippen molar-refractivity contribution in [2.24, 2.45) is 0 Å². The Morgan fingerprint density at radius 3 is 2.70 bits per heavy atom. The van der Waals surface area contributed by atoms with Crippen LogP contribution in [-0.2, 0) is 14.8 Å². The van der Waals surface area contributed by atoms with Gasteiger partial charge in [0, 0.05) is 17.8 Å². The second kappa shape index (κ2) is 7.05. The first kappa shape index (κ1) is 17.6. The summed E-state index contributed by atoms with van der Waals surface area (Å²) in [4.78, 5) is 12.3. The summed E-state index contributed by atoms with van der Waals surface area (Å²) in [5.74, 6) is 0.949. The Morgan fingerprint density at radius 1 is 1.07 bits per heavy atom. The number of hydrogen-bond acceptors (Lipinski definition) is 5. The van der Waals surface area contributed by atoms with E-state index in [-0.39, 0.29) is 23.6 Å². The summed E-state index contributed by atoms with van der Waals surface area (Å²) in [7, 11) is -3.56. The number of rotatable bonds is 6. The summed E-state index contributed by atoms with van der Waals surface area (Å²) in [5.41, 5.74) is 1.20. The van der Waals surface area contributed by atoms with Gasteiger partial charge in [-0.1, -0.05) is 12.1 Å². The lowest BCUT2D eigenvalue weighted by Crippen LogP contribution is -2.25. The predicted molar refractivity (Wildman–Crippen MR) is 100 cm³/mol. The smallest absolute Gasteiger partial charge is 0.248 e. The van der Waals surface area contributed by atoms with Crippen LogP contribution < -0.4 is 19.5 Å². The van der Waals surface area contributed by atoms with Crippen molar-refractivity contribution in [3.05, 3.63) is 54.1 Å². The molecule has 0 atom stereocenters. The topological polar surface area (TPSA) is 93.7 Å². The van der Waals surface area contributed by atoms with Gasteiger partial charge in [0.05, 0.1) is 4.90 Å². The van der Waals surface area contributed by atoms with Gasteiger partial charge in [0.15, 0.2) is 11.5 Å². The van der Waals surface area contributed by atoms with Crippen molar-refractivity contribution < 1.29 is 22.7 Å². The Bertz CT molecular complexity index is 1010. The number of carbonyl (C=O) groups is 1. The lowest BCUT2D eigenvalue weighted by atomic mass is 10.2. The number of carbonyl (C=O) groups excluding carboxylic acids is 1. The van der Waals surface area contributed by atoms with Crippen LogP contribution in [0.4, 0.5) is 5.69 Å². The molecule has 2 aromatic rings. The minimum atomic E-state index is -3.56. The zero-order valence-corrected chi connectivity index (χ0v) is 15.2. The van der Waals surface area contributed by atoms with Crippen molar-refractivity contribution in [2.45, 2.75) is 23.8 Å². The van der Waals surface area contributed by atoms with E-state index in [1.807, 2.05) is 6.07 Å². The van der Waals surface area contributed by atoms with Gasteiger partial charge >= 0.3 is 0 Å². The first-order valence-electron chi connectivity index (χ1n) is 8.51. The summed E-state index contributed by atoms with van der Waals surface area (Å²) < 4.78 is 37.7. The molecule has 1 aliphatic carbocycles. The molecule has 0 aromatic heterocycles. The van der Waals surface area contributed by atoms with Crippen LogP contribution in [0.5, 0.6) is 11.5 Å². The molecule has 2 aromatic carbocycles. The number of ether oxygens (including phenoxy) is 2. The fraction of sp³-hybridized carbons (Fsp3) is 0.211. The van der Waals surface area contributed by atoms with Gasteiger partial charge in [-0.15, -0.1) is 0 Å². The normalized spacial score (nSPS) is 15.9. The van der Waals surface area contributed by atoms with Crippen LogP contribution in [0, 0.1) is 0 Å². The lowest BCUT2D eigenvalue weighted by molar-refractivity contribution is -0.111. The van der Waals surface area contributed by atoms with Gasteiger partial charge in [-0.2, -0.15) is 0 Å². The maximum Gasteiger partial charge on any atom is 0.248 e. The molecule has 7 nitrogen and oxygen atoms in total. The van der Waals surface area contributed by atoms with E-state index in [1.165, 1.54) is 18.2 Å². The second-order valence-electron chi connectivity index (χ2n) is 6.36. The minimum Gasteiger partial charge on any atom is -0.454 e. The molecular formula is C19H18N2O5S. The van der Waals surface area contributed by atoms with Crippen LogP contribution in [-0.4, -0.2) is 27.2 Å². The molecule has 1 saturated carbocycles. The van der Waals surface area contributed by atoms with Gasteiger partial charge in [0.25, 0.3) is 0 Å². The van der Waals surface area contributed by atoms with Gasteiger partial charge < -0.3 is 14.8 Å². The number of amides is 1. The predicted octanol–water partition coefficient (Wildman–Crippen LogP) is 2.51. The van der Waals surface area contributed by atoms with E-state index in [4.69, 9.17) is 9.47 Å². The lowest BCUT2D eigenvalue weighted by Gasteiger charge is -2.08. The highest BCUT2D eigenvalue weighted by Crippen LogP contribution is 2.32. The van der Waals surface area contributed by atoms with Crippen molar-refractivity contribution in [3.63, 3.8) is 0 Å². The average molecular weight is 386 g/mol. The molecule has 1 heterocycles. The van der Waals surface area contributed by atoms with Crippen molar-refractivity contribution >= 4 is 27.7 Å². The monoisotopic (exact) mass is 386 g/mol. The molecule has 0 unspecified atom stereocenters. The SMILES string of the molecule is O=C(/C=C/c1ccc2c(c1)OCO2)Nc1cccc(S(=O)(=O)NC2CC2)c1. The number of anilines is 1. The van der Waals surface area contributed by atoms with E-state index in [0.717, 1.165) is 18.4 Å². The molecule has 0 radical (unpaired) electrons. The first-order chi connectivity index (χ1) is 13.0. The van der Waals surface area contributed by atoms with Crippen LogP contribution in [0.2, 0.25) is 0 Å². The van der Waals surface area contributed by atoms with Crippen LogP contribution in [0.3, 0.4) is 0 Å². The van der Waals surface area contributed by atoms with Gasteiger partial charge in [-0.25, -0.2) is 13.1 Å². The summed E-state index contributed by atoms with van der Waals surface area (Å²) >= 11 is 0. The van der Waals surface area contributed by atoms with Crippen molar-refractivity contribution in [3.8, 4) is 11.5 Å². The van der Waals surface area contributed by atoms with Crippen LogP contribution in [0.25, 0.3) is 6.08 Å². The molecule has 0 bridgehead atoms. The highest BCUT2D eigenvalue weighted by atomic mass is 32.2. The minimum absolute atomic E-state index is 0.0258. The highest BCUT2D eigenvalue weighted by molar-refractivity contribution is 7.89. The Kier molecular flexibility index (Phi) is 4.59. The fourth-order valence-electron chi connectivity index (χ4n) is 2.60. The van der Waals surface area contributed by atoms with E-state index in [1.54, 1.807) is 30.3 Å². The number of hydrogen-bond donors (Lipinski definition) is 2. The van der Waals surface area contributed by atoms with E-state index in [0.29, 0.717) is 17.2 Å². The number of fused-ring (bicyclic) bond motifs is 1. The fourth-order valence-corrected chi connectivity index (χ4v) is 3.95. The molecular weight excluding hydrogens is 368 g/mol. The first-order valence-corrected chi connectivity index (χ1v) is 9.99. The number of benzene rings is 2. The second-order valence-corrected chi connectivity index (χ2v) is 8.07.